The van der Waals surface area contributed by atoms with E-state index in [-0.39, 0.29) is 27.8 Å². The third-order valence-electron chi connectivity index (χ3n) is 3.64. The molecule has 0 atom stereocenters. The maximum Gasteiger partial charge on any atom is 0.343 e. The van der Waals surface area contributed by atoms with E-state index in [0.29, 0.717) is 5.52 Å². The molecule has 0 aliphatic heterocycles. The highest BCUT2D eigenvalue weighted by Gasteiger charge is 2.32. The van der Waals surface area contributed by atoms with Gasteiger partial charge in [0.05, 0.1) is 17.0 Å². The predicted octanol–water partition coefficient (Wildman–Crippen LogP) is 2.53. The van der Waals surface area contributed by atoms with E-state index in [1.807, 2.05) is 0 Å². The molecule has 24 heavy (non-hydrogen) atoms. The number of nitrogens with two attached hydrogens (primary N) is 1. The summed E-state index contributed by atoms with van der Waals surface area (Å²) < 4.78 is 32.7. The largest absolute Gasteiger partial charge is 0.462 e. The zero-order chi connectivity index (χ0) is 17.3. The number of hydrogen-bond donors (Lipinski definition) is 1. The van der Waals surface area contributed by atoms with Gasteiger partial charge in [-0.2, -0.15) is 0 Å². The molecular weight excluding hydrogens is 328 g/mol. The molecule has 6 nitrogen and oxygen atoms in total. The van der Waals surface area contributed by atoms with Crippen LogP contribution in [0.2, 0.25) is 0 Å². The summed E-state index contributed by atoms with van der Waals surface area (Å²) >= 11 is 0. The Balaban J connectivity index is 2.38. The number of esters is 1. The Labute approximate surface area is 139 Å². The molecule has 0 aliphatic rings. The molecule has 2 aromatic heterocycles. The molecule has 1 aromatic carbocycles. The number of anilines is 1. The van der Waals surface area contributed by atoms with Crippen molar-refractivity contribution in [2.75, 3.05) is 12.3 Å². The number of carbonyl (C=O) groups excluding carboxylic acids is 1. The minimum atomic E-state index is -3.94. The zero-order valence-electron chi connectivity index (χ0n) is 13.0. The number of pyridine rings is 1. The van der Waals surface area contributed by atoms with Crippen LogP contribution in [0, 0.1) is 0 Å². The average Bonchev–Trinajstić information content (AvgIpc) is 2.90. The van der Waals surface area contributed by atoms with Gasteiger partial charge >= 0.3 is 5.97 Å². The van der Waals surface area contributed by atoms with E-state index in [4.69, 9.17) is 10.5 Å². The fourth-order valence-electron chi connectivity index (χ4n) is 2.59. The van der Waals surface area contributed by atoms with Crippen LogP contribution in [0.15, 0.2) is 64.5 Å². The minimum Gasteiger partial charge on any atom is -0.462 e. The van der Waals surface area contributed by atoms with E-state index in [0.717, 1.165) is 0 Å². The van der Waals surface area contributed by atoms with Crippen LogP contribution < -0.4 is 5.73 Å². The lowest BCUT2D eigenvalue weighted by Gasteiger charge is -2.07. The van der Waals surface area contributed by atoms with Crippen LogP contribution in [-0.4, -0.2) is 25.4 Å². The molecule has 3 aromatic rings. The van der Waals surface area contributed by atoms with Gasteiger partial charge in [0, 0.05) is 6.20 Å². The molecule has 7 heteroatoms. The van der Waals surface area contributed by atoms with E-state index >= 15 is 0 Å². The summed E-state index contributed by atoms with van der Waals surface area (Å²) in [6.45, 7) is 1.77. The van der Waals surface area contributed by atoms with Crippen LogP contribution in [0.25, 0.3) is 5.52 Å². The lowest BCUT2D eigenvalue weighted by Crippen LogP contribution is -2.12. The molecule has 0 aliphatic carbocycles. The van der Waals surface area contributed by atoms with Gasteiger partial charge in [0.15, 0.2) is 0 Å². The Kier molecular flexibility index (Phi) is 4.02. The minimum absolute atomic E-state index is 0.0403. The number of nitrogens with zero attached hydrogens (tertiary/aromatic N) is 1. The van der Waals surface area contributed by atoms with Crippen molar-refractivity contribution in [1.29, 1.82) is 0 Å². The van der Waals surface area contributed by atoms with Gasteiger partial charge in [0.25, 0.3) is 0 Å². The molecule has 0 saturated heterocycles. The molecule has 2 heterocycles. The number of nitrogen functional groups attached to an aromatic ring is 1. The summed E-state index contributed by atoms with van der Waals surface area (Å²) in [7, 11) is -3.94. The molecule has 0 saturated carbocycles. The summed E-state index contributed by atoms with van der Waals surface area (Å²) in [5.41, 5.74) is 6.25. The van der Waals surface area contributed by atoms with Crippen molar-refractivity contribution in [2.24, 2.45) is 0 Å². The van der Waals surface area contributed by atoms with Crippen molar-refractivity contribution in [2.45, 2.75) is 16.7 Å². The first-order chi connectivity index (χ1) is 11.5. The van der Waals surface area contributed by atoms with E-state index in [2.05, 4.69) is 0 Å². The van der Waals surface area contributed by atoms with Crippen LogP contribution in [-0.2, 0) is 14.6 Å². The highest BCUT2D eigenvalue weighted by molar-refractivity contribution is 7.91. The molecule has 2 N–H and O–H groups in total. The summed E-state index contributed by atoms with van der Waals surface area (Å²) in [5.74, 6) is -0.716. The number of ether oxygens (including phenoxy) is 1. The highest BCUT2D eigenvalue weighted by atomic mass is 32.2. The number of carbonyl (C=O) groups is 1. The highest BCUT2D eigenvalue weighted by Crippen LogP contribution is 2.34. The van der Waals surface area contributed by atoms with Gasteiger partial charge in [-0.15, -0.1) is 0 Å². The van der Waals surface area contributed by atoms with Crippen molar-refractivity contribution >= 4 is 27.1 Å². The third kappa shape index (κ3) is 2.43. The molecular formula is C17H16N2O4S. The summed E-state index contributed by atoms with van der Waals surface area (Å²) in [5, 5.41) is 0. The Morgan fingerprint density at radius 3 is 2.46 bits per heavy atom. The molecule has 0 spiro atoms. The number of fused-ring (bicyclic) bond motifs is 1. The molecule has 0 amide bonds. The first kappa shape index (κ1) is 16.1. The average molecular weight is 344 g/mol. The molecule has 0 fully saturated rings. The van der Waals surface area contributed by atoms with Gasteiger partial charge in [-0.25, -0.2) is 13.2 Å². The molecule has 0 bridgehead atoms. The van der Waals surface area contributed by atoms with Crippen LogP contribution in [0.1, 0.15) is 17.3 Å². The Hall–Kier alpha value is -2.80. The van der Waals surface area contributed by atoms with Gasteiger partial charge in [-0.05, 0) is 31.2 Å². The smallest absolute Gasteiger partial charge is 0.343 e. The van der Waals surface area contributed by atoms with Crippen molar-refractivity contribution in [3.8, 4) is 0 Å². The van der Waals surface area contributed by atoms with Gasteiger partial charge in [0.2, 0.25) is 9.84 Å². The normalized spacial score (nSPS) is 11.5. The molecule has 0 radical (unpaired) electrons. The summed E-state index contributed by atoms with van der Waals surface area (Å²) in [6.07, 6.45) is 1.61. The lowest BCUT2D eigenvalue weighted by atomic mass is 10.3. The number of benzene rings is 1. The molecule has 124 valence electrons. The van der Waals surface area contributed by atoms with Gasteiger partial charge < -0.3 is 14.9 Å². The number of rotatable bonds is 4. The van der Waals surface area contributed by atoms with Crippen molar-refractivity contribution in [3.63, 3.8) is 0 Å². The number of aromatic nitrogens is 1. The van der Waals surface area contributed by atoms with Crippen LogP contribution in [0.3, 0.4) is 0 Å². The van der Waals surface area contributed by atoms with Crippen molar-refractivity contribution < 1.29 is 17.9 Å². The second-order valence-electron chi connectivity index (χ2n) is 5.08. The van der Waals surface area contributed by atoms with Crippen molar-refractivity contribution in [1.82, 2.24) is 4.40 Å². The zero-order valence-corrected chi connectivity index (χ0v) is 13.8. The lowest BCUT2D eigenvalue weighted by molar-refractivity contribution is 0.0523. The monoisotopic (exact) mass is 344 g/mol. The predicted molar refractivity (Wildman–Crippen MR) is 89.7 cm³/mol. The fraction of sp³-hybridized carbons (Fsp3) is 0.118. The molecule has 0 unspecified atom stereocenters. The summed E-state index contributed by atoms with van der Waals surface area (Å²) in [6, 6.07) is 12.9. The van der Waals surface area contributed by atoms with Crippen LogP contribution in [0.4, 0.5) is 5.82 Å². The first-order valence-electron chi connectivity index (χ1n) is 7.34. The second-order valence-corrected chi connectivity index (χ2v) is 6.97. The number of hydrogen-bond acceptors (Lipinski definition) is 5. The topological polar surface area (TPSA) is 90.9 Å². The number of sulfone groups is 1. The van der Waals surface area contributed by atoms with Gasteiger partial charge in [-0.3, -0.25) is 0 Å². The quantitative estimate of drug-likeness (QED) is 0.735. The Bertz CT molecular complexity index is 1010. The van der Waals surface area contributed by atoms with E-state index in [9.17, 15) is 13.2 Å². The molecule has 3 rings (SSSR count). The maximum absolute atomic E-state index is 13.1. The fourth-order valence-corrected chi connectivity index (χ4v) is 4.24. The van der Waals surface area contributed by atoms with Crippen molar-refractivity contribution in [3.05, 3.63) is 60.3 Å². The maximum atomic E-state index is 13.1. The third-order valence-corrected chi connectivity index (χ3v) is 5.48. The van der Waals surface area contributed by atoms with Gasteiger partial charge in [-0.1, -0.05) is 24.3 Å². The summed E-state index contributed by atoms with van der Waals surface area (Å²) in [4.78, 5) is 12.3. The van der Waals surface area contributed by atoms with E-state index < -0.39 is 15.8 Å². The van der Waals surface area contributed by atoms with E-state index in [1.165, 1.54) is 16.5 Å². The Morgan fingerprint density at radius 2 is 1.79 bits per heavy atom. The van der Waals surface area contributed by atoms with E-state index in [1.54, 1.807) is 49.5 Å². The standard InChI is InChI=1S/C17H16N2O4S/c1-2-23-17(20)14-15(13-10-6-7-11-19(13)16(14)18)24(21,22)12-8-4-3-5-9-12/h3-11H,2,18H2,1H3. The SMILES string of the molecule is CCOC(=O)c1c(S(=O)(=O)c2ccccc2)c2ccccn2c1N. The first-order valence-corrected chi connectivity index (χ1v) is 8.82. The van der Waals surface area contributed by atoms with Crippen LogP contribution >= 0.6 is 0 Å². The second kappa shape index (κ2) is 6.01. The van der Waals surface area contributed by atoms with Crippen LogP contribution in [0.5, 0.6) is 0 Å². The Morgan fingerprint density at radius 1 is 1.12 bits per heavy atom. The van der Waals surface area contributed by atoms with Gasteiger partial charge in [0.1, 0.15) is 16.3 Å².